The molecule has 0 bridgehead atoms. The van der Waals surface area contributed by atoms with Crippen LogP contribution in [0.4, 0.5) is 5.69 Å². The molecule has 0 saturated heterocycles. The second kappa shape index (κ2) is 15.9. The smallest absolute Gasteiger partial charge is 0.337 e. The van der Waals surface area contributed by atoms with Gasteiger partial charge in [0.2, 0.25) is 11.8 Å². The highest BCUT2D eigenvalue weighted by Crippen LogP contribution is 2.30. The second-order valence-corrected chi connectivity index (χ2v) is 11.8. The summed E-state index contributed by atoms with van der Waals surface area (Å²) < 4.78 is 12.3. The van der Waals surface area contributed by atoms with Gasteiger partial charge in [-0.15, -0.1) is 0 Å². The topological polar surface area (TPSA) is 127 Å². The number of carbonyl (C=O) groups is 3. The second-order valence-electron chi connectivity index (χ2n) is 11.8. The summed E-state index contributed by atoms with van der Waals surface area (Å²) in [6.07, 6.45) is 11.6. The molecule has 1 fully saturated rings. The van der Waals surface area contributed by atoms with Crippen LogP contribution in [-0.4, -0.2) is 40.0 Å². The quantitative estimate of drug-likeness (QED) is 0.121. The fourth-order valence-corrected chi connectivity index (χ4v) is 5.71. The lowest BCUT2D eigenvalue weighted by molar-refractivity contribution is -0.122. The number of unbranched alkanes of at least 4 members (excludes halogenated alkanes) is 4. The van der Waals surface area contributed by atoms with E-state index < -0.39 is 11.9 Å². The number of ether oxygens (including phenoxy) is 2. The summed E-state index contributed by atoms with van der Waals surface area (Å²) >= 11 is 0. The van der Waals surface area contributed by atoms with Crippen molar-refractivity contribution in [3.05, 3.63) is 90.1 Å². The molecule has 4 aromatic rings. The molecular formula is C37H41N3O6. The maximum absolute atomic E-state index is 12.7. The number of nitrogens with one attached hydrogen (secondary N) is 2. The summed E-state index contributed by atoms with van der Waals surface area (Å²) in [6.45, 7) is 2.20. The molecule has 46 heavy (non-hydrogen) atoms. The zero-order valence-electron chi connectivity index (χ0n) is 26.2. The Hall–Kier alpha value is -4.92. The molecule has 3 N–H and O–H groups in total. The molecule has 1 aliphatic carbocycles. The normalized spacial score (nSPS) is 16.0. The number of nitrogens with zero attached hydrogens (tertiary/aromatic N) is 1. The van der Waals surface area contributed by atoms with Crippen molar-refractivity contribution in [2.24, 2.45) is 0 Å². The van der Waals surface area contributed by atoms with Gasteiger partial charge in [0.05, 0.1) is 22.9 Å². The predicted octanol–water partition coefficient (Wildman–Crippen LogP) is 8.14. The molecule has 1 aromatic heterocycles. The minimum Gasteiger partial charge on any atom is -0.490 e. The molecule has 0 atom stereocenters. The first-order chi connectivity index (χ1) is 22.4. The third-order valence-electron chi connectivity index (χ3n) is 8.26. The van der Waals surface area contributed by atoms with Crippen LogP contribution in [0.5, 0.6) is 17.4 Å². The van der Waals surface area contributed by atoms with Crippen LogP contribution in [-0.2, 0) is 4.79 Å². The number of carboxylic acids is 1. The van der Waals surface area contributed by atoms with E-state index in [1.54, 1.807) is 24.3 Å². The zero-order chi connectivity index (χ0) is 32.3. The molecule has 5 rings (SSSR count). The van der Waals surface area contributed by atoms with Crippen molar-refractivity contribution in [1.29, 1.82) is 0 Å². The number of anilines is 1. The fraction of sp³-hybridized carbons (Fsp3) is 0.351. The van der Waals surface area contributed by atoms with E-state index in [0.717, 1.165) is 55.0 Å². The lowest BCUT2D eigenvalue weighted by Crippen LogP contribution is -2.39. The number of para-hydroxylation sites is 1. The minimum absolute atomic E-state index is 0.00603. The van der Waals surface area contributed by atoms with Crippen LogP contribution < -0.4 is 20.1 Å². The molecule has 1 aliphatic rings. The van der Waals surface area contributed by atoms with Crippen molar-refractivity contribution in [3.63, 3.8) is 0 Å². The molecular weight excluding hydrogens is 582 g/mol. The standard InChI is InChI=1S/C37H41N3O6/c1-2-3-4-5-6-11-34(41)39-28-15-19-29(20-16-28)45-30-17-12-26-23-31(18-13-25(26)22-30)46-35-21-14-27(24-38-35)36(42)40-33-10-8-7-9-32(33)37(43)44/h7-10,12-14,17-18,21-24,28-29H,2-6,11,15-16,19-20H2,1H3,(H,39,41)(H,40,42)(H,43,44). The maximum Gasteiger partial charge on any atom is 0.337 e. The van der Waals surface area contributed by atoms with E-state index in [9.17, 15) is 19.5 Å². The molecule has 9 heteroatoms. The van der Waals surface area contributed by atoms with Crippen molar-refractivity contribution in [1.82, 2.24) is 10.3 Å². The number of pyridine rings is 1. The summed E-state index contributed by atoms with van der Waals surface area (Å²) in [5.74, 6) is 0.321. The van der Waals surface area contributed by atoms with Crippen molar-refractivity contribution in [2.75, 3.05) is 5.32 Å². The van der Waals surface area contributed by atoms with Gasteiger partial charge in [-0.1, -0.05) is 56.9 Å². The molecule has 0 unspecified atom stereocenters. The fourth-order valence-electron chi connectivity index (χ4n) is 5.71. The number of aromatic carboxylic acids is 1. The van der Waals surface area contributed by atoms with Crippen LogP contribution in [0, 0.1) is 0 Å². The number of carbonyl (C=O) groups excluding carboxylic acids is 2. The van der Waals surface area contributed by atoms with Gasteiger partial charge in [0, 0.05) is 24.7 Å². The van der Waals surface area contributed by atoms with Crippen LogP contribution >= 0.6 is 0 Å². The van der Waals surface area contributed by atoms with E-state index in [-0.39, 0.29) is 34.9 Å². The first kappa shape index (κ1) is 32.5. The molecule has 0 spiro atoms. The van der Waals surface area contributed by atoms with Crippen LogP contribution in [0.1, 0.15) is 91.8 Å². The van der Waals surface area contributed by atoms with Crippen LogP contribution in [0.25, 0.3) is 10.8 Å². The molecule has 240 valence electrons. The van der Waals surface area contributed by atoms with Gasteiger partial charge in [-0.25, -0.2) is 9.78 Å². The van der Waals surface area contributed by atoms with Crippen molar-refractivity contribution < 1.29 is 29.0 Å². The van der Waals surface area contributed by atoms with Crippen molar-refractivity contribution >= 4 is 34.2 Å². The van der Waals surface area contributed by atoms with Crippen molar-refractivity contribution in [2.45, 2.75) is 83.3 Å². The molecule has 1 saturated carbocycles. The molecule has 1 heterocycles. The summed E-state index contributed by atoms with van der Waals surface area (Å²) in [5, 5.41) is 17.2. The van der Waals surface area contributed by atoms with Gasteiger partial charge >= 0.3 is 5.97 Å². The van der Waals surface area contributed by atoms with E-state index in [1.807, 2.05) is 36.4 Å². The van der Waals surface area contributed by atoms with Gasteiger partial charge in [0.15, 0.2) is 0 Å². The number of amides is 2. The van der Waals surface area contributed by atoms with E-state index in [4.69, 9.17) is 9.47 Å². The average molecular weight is 624 g/mol. The number of carboxylic acid groups (broad SMARTS) is 1. The Balaban J connectivity index is 1.09. The van der Waals surface area contributed by atoms with Crippen molar-refractivity contribution in [3.8, 4) is 17.4 Å². The molecule has 0 radical (unpaired) electrons. The third kappa shape index (κ3) is 9.06. The van der Waals surface area contributed by atoms with Gasteiger partial charge in [-0.2, -0.15) is 0 Å². The molecule has 9 nitrogen and oxygen atoms in total. The van der Waals surface area contributed by atoms with Gasteiger partial charge in [-0.3, -0.25) is 9.59 Å². The summed E-state index contributed by atoms with van der Waals surface area (Å²) in [5.41, 5.74) is 0.484. The Morgan fingerprint density at radius 2 is 1.57 bits per heavy atom. The Kier molecular flexibility index (Phi) is 11.2. The SMILES string of the molecule is CCCCCCCC(=O)NC1CCC(Oc2ccc3cc(Oc4ccc(C(=O)Nc5ccccc5C(=O)O)cn4)ccc3c2)CC1. The summed E-state index contributed by atoms with van der Waals surface area (Å²) in [7, 11) is 0. The number of fused-ring (bicyclic) bond motifs is 1. The third-order valence-corrected chi connectivity index (χ3v) is 8.26. The lowest BCUT2D eigenvalue weighted by atomic mass is 9.92. The van der Waals surface area contributed by atoms with Gasteiger partial charge in [-0.05, 0) is 85.3 Å². The minimum atomic E-state index is -1.12. The average Bonchev–Trinajstić information content (AvgIpc) is 3.06. The monoisotopic (exact) mass is 623 g/mol. The summed E-state index contributed by atoms with van der Waals surface area (Å²) in [4.78, 5) is 40.6. The predicted molar refractivity (Wildman–Crippen MR) is 178 cm³/mol. The largest absolute Gasteiger partial charge is 0.490 e. The van der Waals surface area contributed by atoms with Gasteiger partial charge in [0.1, 0.15) is 11.5 Å². The number of rotatable bonds is 14. The summed E-state index contributed by atoms with van der Waals surface area (Å²) in [6, 6.07) is 21.3. The van der Waals surface area contributed by atoms with Crippen LogP contribution in [0.3, 0.4) is 0 Å². The number of hydrogen-bond donors (Lipinski definition) is 3. The Morgan fingerprint density at radius 1 is 0.848 bits per heavy atom. The zero-order valence-corrected chi connectivity index (χ0v) is 26.2. The lowest BCUT2D eigenvalue weighted by Gasteiger charge is -2.29. The molecule has 2 amide bonds. The van der Waals surface area contributed by atoms with E-state index in [1.165, 1.54) is 37.6 Å². The molecule has 0 aliphatic heterocycles. The van der Waals surface area contributed by atoms with E-state index in [0.29, 0.717) is 18.1 Å². The highest BCUT2D eigenvalue weighted by atomic mass is 16.5. The van der Waals surface area contributed by atoms with E-state index >= 15 is 0 Å². The van der Waals surface area contributed by atoms with Gasteiger partial charge in [0.25, 0.3) is 5.91 Å². The molecule has 3 aromatic carbocycles. The Morgan fingerprint density at radius 3 is 2.28 bits per heavy atom. The van der Waals surface area contributed by atoms with Crippen LogP contribution in [0.15, 0.2) is 79.0 Å². The highest BCUT2D eigenvalue weighted by molar-refractivity contribution is 6.07. The first-order valence-corrected chi connectivity index (χ1v) is 16.2. The number of hydrogen-bond acceptors (Lipinski definition) is 6. The first-order valence-electron chi connectivity index (χ1n) is 16.2. The van der Waals surface area contributed by atoms with E-state index in [2.05, 4.69) is 22.5 Å². The maximum atomic E-state index is 12.7. The highest BCUT2D eigenvalue weighted by Gasteiger charge is 2.23. The Bertz CT molecular complexity index is 1650. The Labute approximate surface area is 269 Å². The van der Waals surface area contributed by atoms with Gasteiger partial charge < -0.3 is 25.2 Å². The van der Waals surface area contributed by atoms with Crippen LogP contribution in [0.2, 0.25) is 0 Å². The number of aromatic nitrogens is 1. The number of benzene rings is 3.